The van der Waals surface area contributed by atoms with Gasteiger partial charge in [0.05, 0.1) is 6.04 Å². The van der Waals surface area contributed by atoms with Crippen molar-refractivity contribution in [2.45, 2.75) is 25.3 Å². The Bertz CT molecular complexity index is 728. The van der Waals surface area contributed by atoms with Crippen LogP contribution in [0, 0.1) is 5.82 Å². The first-order valence-electron chi connectivity index (χ1n) is 8.74. The number of carbonyl (C=O) groups is 2. The Balaban J connectivity index is 1.58. The SMILES string of the molecule is O=C(NCC(c1ccsc1)N1CCCCC1)C(=O)Nc1ccc(F)cc1. The lowest BCUT2D eigenvalue weighted by molar-refractivity contribution is -0.136. The molecule has 0 spiro atoms. The molecule has 2 N–H and O–H groups in total. The summed E-state index contributed by atoms with van der Waals surface area (Å²) in [6.45, 7) is 2.38. The van der Waals surface area contributed by atoms with Gasteiger partial charge in [-0.1, -0.05) is 6.42 Å². The standard InChI is InChI=1S/C19H22FN3O2S/c20-15-4-6-16(7-5-15)22-19(25)18(24)21-12-17(14-8-11-26-13-14)23-9-2-1-3-10-23/h4-8,11,13,17H,1-3,9-10,12H2,(H,21,24)(H,22,25). The Hall–Kier alpha value is -2.25. The fourth-order valence-electron chi connectivity index (χ4n) is 3.14. The summed E-state index contributed by atoms with van der Waals surface area (Å²) in [5, 5.41) is 9.33. The maximum Gasteiger partial charge on any atom is 0.313 e. The first kappa shape index (κ1) is 18.5. The maximum absolute atomic E-state index is 12.9. The van der Waals surface area contributed by atoms with Crippen LogP contribution in [0.15, 0.2) is 41.1 Å². The van der Waals surface area contributed by atoms with Crippen molar-refractivity contribution in [3.63, 3.8) is 0 Å². The molecule has 1 unspecified atom stereocenters. The van der Waals surface area contributed by atoms with Gasteiger partial charge in [-0.3, -0.25) is 14.5 Å². The van der Waals surface area contributed by atoms with Crippen molar-refractivity contribution in [1.29, 1.82) is 0 Å². The van der Waals surface area contributed by atoms with Crippen molar-refractivity contribution in [2.75, 3.05) is 25.0 Å². The van der Waals surface area contributed by atoms with Crippen molar-refractivity contribution in [3.05, 3.63) is 52.5 Å². The summed E-state index contributed by atoms with van der Waals surface area (Å²) in [4.78, 5) is 26.6. The van der Waals surface area contributed by atoms with Gasteiger partial charge >= 0.3 is 11.8 Å². The molecule has 1 fully saturated rings. The van der Waals surface area contributed by atoms with Gasteiger partial charge in [-0.15, -0.1) is 0 Å². The molecule has 138 valence electrons. The summed E-state index contributed by atoms with van der Waals surface area (Å²) in [6, 6.07) is 7.44. The van der Waals surface area contributed by atoms with Gasteiger partial charge in [0, 0.05) is 12.2 Å². The lowest BCUT2D eigenvalue weighted by Gasteiger charge is -2.34. The van der Waals surface area contributed by atoms with Crippen LogP contribution in [0.1, 0.15) is 30.9 Å². The molecule has 1 saturated heterocycles. The van der Waals surface area contributed by atoms with Gasteiger partial charge in [0.25, 0.3) is 0 Å². The molecule has 1 aliphatic rings. The van der Waals surface area contributed by atoms with E-state index in [1.54, 1.807) is 11.3 Å². The first-order valence-corrected chi connectivity index (χ1v) is 9.68. The van der Waals surface area contributed by atoms with E-state index >= 15 is 0 Å². The summed E-state index contributed by atoms with van der Waals surface area (Å²) in [7, 11) is 0. The van der Waals surface area contributed by atoms with Gasteiger partial charge in [-0.05, 0) is 72.6 Å². The zero-order chi connectivity index (χ0) is 18.4. The number of amides is 2. The number of benzene rings is 1. The number of nitrogens with one attached hydrogen (secondary N) is 2. The van der Waals surface area contributed by atoms with Gasteiger partial charge in [0.2, 0.25) is 0 Å². The number of hydrogen-bond acceptors (Lipinski definition) is 4. The molecule has 5 nitrogen and oxygen atoms in total. The Labute approximate surface area is 156 Å². The molecule has 0 radical (unpaired) electrons. The fourth-order valence-corrected chi connectivity index (χ4v) is 3.85. The second-order valence-corrected chi connectivity index (χ2v) is 7.12. The quantitative estimate of drug-likeness (QED) is 0.789. The van der Waals surface area contributed by atoms with Gasteiger partial charge in [0.1, 0.15) is 5.82 Å². The number of piperidine rings is 1. The first-order chi connectivity index (χ1) is 12.6. The molecule has 1 atom stereocenters. The van der Waals surface area contributed by atoms with Gasteiger partial charge in [-0.25, -0.2) is 4.39 Å². The second kappa shape index (κ2) is 8.91. The number of halogens is 1. The predicted molar refractivity (Wildman–Crippen MR) is 101 cm³/mol. The van der Waals surface area contributed by atoms with E-state index in [2.05, 4.69) is 27.0 Å². The van der Waals surface area contributed by atoms with E-state index in [9.17, 15) is 14.0 Å². The number of thiophene rings is 1. The molecule has 2 amide bonds. The van der Waals surface area contributed by atoms with Crippen LogP contribution < -0.4 is 10.6 Å². The van der Waals surface area contributed by atoms with E-state index in [1.807, 2.05) is 5.38 Å². The van der Waals surface area contributed by atoms with Crippen LogP contribution in [0.3, 0.4) is 0 Å². The fraction of sp³-hybridized carbons (Fsp3) is 0.368. The van der Waals surface area contributed by atoms with Crippen LogP contribution in [0.5, 0.6) is 0 Å². The maximum atomic E-state index is 12.9. The molecule has 1 aliphatic heterocycles. The highest BCUT2D eigenvalue weighted by Gasteiger charge is 2.24. The normalized spacial score (nSPS) is 16.0. The number of anilines is 1. The molecule has 26 heavy (non-hydrogen) atoms. The van der Waals surface area contributed by atoms with Crippen LogP contribution in [0.2, 0.25) is 0 Å². The molecule has 2 aromatic rings. The highest BCUT2D eigenvalue weighted by molar-refractivity contribution is 7.08. The Morgan fingerprint density at radius 3 is 2.46 bits per heavy atom. The molecule has 3 rings (SSSR count). The topological polar surface area (TPSA) is 61.4 Å². The van der Waals surface area contributed by atoms with Crippen molar-refractivity contribution < 1.29 is 14.0 Å². The third-order valence-corrected chi connectivity index (χ3v) is 5.23. The minimum absolute atomic E-state index is 0.0733. The van der Waals surface area contributed by atoms with E-state index < -0.39 is 17.6 Å². The summed E-state index contributed by atoms with van der Waals surface area (Å²) < 4.78 is 12.9. The van der Waals surface area contributed by atoms with Gasteiger partial charge < -0.3 is 10.6 Å². The number of hydrogen-bond donors (Lipinski definition) is 2. The van der Waals surface area contributed by atoms with Gasteiger partial charge in [-0.2, -0.15) is 11.3 Å². The molecule has 2 heterocycles. The molecule has 7 heteroatoms. The van der Waals surface area contributed by atoms with E-state index in [4.69, 9.17) is 0 Å². The lowest BCUT2D eigenvalue weighted by atomic mass is 10.0. The van der Waals surface area contributed by atoms with Crippen molar-refractivity contribution in [1.82, 2.24) is 10.2 Å². The minimum Gasteiger partial charge on any atom is -0.346 e. The van der Waals surface area contributed by atoms with E-state index in [0.717, 1.165) is 31.5 Å². The number of rotatable bonds is 5. The summed E-state index contributed by atoms with van der Waals surface area (Å²) in [5.41, 5.74) is 1.55. The average molecular weight is 375 g/mol. The molecule has 0 bridgehead atoms. The highest BCUT2D eigenvalue weighted by Crippen LogP contribution is 2.25. The van der Waals surface area contributed by atoms with E-state index in [0.29, 0.717) is 12.2 Å². The zero-order valence-corrected chi connectivity index (χ0v) is 15.2. The van der Waals surface area contributed by atoms with Crippen LogP contribution >= 0.6 is 11.3 Å². The molecular weight excluding hydrogens is 353 g/mol. The van der Waals surface area contributed by atoms with Crippen LogP contribution in [0.25, 0.3) is 0 Å². The molecular formula is C19H22FN3O2S. The van der Waals surface area contributed by atoms with Gasteiger partial charge in [0.15, 0.2) is 0 Å². The van der Waals surface area contributed by atoms with Crippen LogP contribution in [-0.4, -0.2) is 36.3 Å². The van der Waals surface area contributed by atoms with Crippen molar-refractivity contribution >= 4 is 28.8 Å². The van der Waals surface area contributed by atoms with E-state index in [1.165, 1.54) is 30.7 Å². The lowest BCUT2D eigenvalue weighted by Crippen LogP contribution is -2.43. The number of carbonyl (C=O) groups excluding carboxylic acids is 2. The third kappa shape index (κ3) is 4.89. The second-order valence-electron chi connectivity index (χ2n) is 6.34. The number of likely N-dealkylation sites (tertiary alicyclic amines) is 1. The largest absolute Gasteiger partial charge is 0.346 e. The molecule has 0 saturated carbocycles. The number of nitrogens with zero attached hydrogens (tertiary/aromatic N) is 1. The monoisotopic (exact) mass is 375 g/mol. The Morgan fingerprint density at radius 1 is 1.08 bits per heavy atom. The van der Waals surface area contributed by atoms with Crippen LogP contribution in [0.4, 0.5) is 10.1 Å². The van der Waals surface area contributed by atoms with Crippen LogP contribution in [-0.2, 0) is 9.59 Å². The summed E-state index contributed by atoms with van der Waals surface area (Å²) >= 11 is 1.63. The smallest absolute Gasteiger partial charge is 0.313 e. The molecule has 1 aromatic carbocycles. The molecule has 1 aromatic heterocycles. The predicted octanol–water partition coefficient (Wildman–Crippen LogP) is 3.17. The minimum atomic E-state index is -0.751. The highest BCUT2D eigenvalue weighted by atomic mass is 32.1. The zero-order valence-electron chi connectivity index (χ0n) is 14.4. The third-order valence-electron chi connectivity index (χ3n) is 4.52. The summed E-state index contributed by atoms with van der Waals surface area (Å²) in [5.74, 6) is -1.83. The summed E-state index contributed by atoms with van der Waals surface area (Å²) in [6.07, 6.45) is 3.54. The Kier molecular flexibility index (Phi) is 6.35. The Morgan fingerprint density at radius 2 is 1.81 bits per heavy atom. The van der Waals surface area contributed by atoms with E-state index in [-0.39, 0.29) is 6.04 Å². The van der Waals surface area contributed by atoms with Crippen molar-refractivity contribution in [3.8, 4) is 0 Å². The molecule has 0 aliphatic carbocycles. The van der Waals surface area contributed by atoms with Crippen molar-refractivity contribution in [2.24, 2.45) is 0 Å². The average Bonchev–Trinajstić information content (AvgIpc) is 3.19.